The lowest BCUT2D eigenvalue weighted by atomic mass is 9.90. The van der Waals surface area contributed by atoms with Gasteiger partial charge in [0.25, 0.3) is 5.91 Å². The predicted molar refractivity (Wildman–Crippen MR) is 94.9 cm³/mol. The Morgan fingerprint density at radius 2 is 2.04 bits per heavy atom. The Bertz CT molecular complexity index is 702. The Hall–Kier alpha value is -2.77. The van der Waals surface area contributed by atoms with Crippen LogP contribution in [0.2, 0.25) is 0 Å². The van der Waals surface area contributed by atoms with Gasteiger partial charge in [0.05, 0.1) is 19.1 Å². The molecule has 0 saturated carbocycles. The van der Waals surface area contributed by atoms with Crippen LogP contribution in [-0.4, -0.2) is 49.6 Å². The summed E-state index contributed by atoms with van der Waals surface area (Å²) >= 11 is 0. The van der Waals surface area contributed by atoms with Crippen molar-refractivity contribution < 1.29 is 23.9 Å². The van der Waals surface area contributed by atoms with E-state index < -0.39 is 11.4 Å². The number of likely N-dealkylation sites (N-methyl/N-ethyl adjacent to an activating group) is 1. The van der Waals surface area contributed by atoms with E-state index in [0.29, 0.717) is 30.2 Å². The molecule has 0 unspecified atom stereocenters. The van der Waals surface area contributed by atoms with Crippen LogP contribution in [0.5, 0.6) is 11.5 Å². The second kappa shape index (κ2) is 8.07. The molecule has 1 aliphatic rings. The highest BCUT2D eigenvalue weighted by molar-refractivity contribution is 5.99. The van der Waals surface area contributed by atoms with Crippen molar-refractivity contribution in [3.05, 3.63) is 23.8 Å². The minimum atomic E-state index is -0.645. The molecule has 142 valence electrons. The normalized spacial score (nSPS) is 16.1. The first-order chi connectivity index (χ1) is 12.3. The molecule has 0 aromatic heterocycles. The number of amides is 4. The minimum absolute atomic E-state index is 0.120. The van der Waals surface area contributed by atoms with Crippen LogP contribution in [0.1, 0.15) is 26.3 Å². The second-order valence-corrected chi connectivity index (χ2v) is 6.66. The molecule has 0 aliphatic carbocycles. The van der Waals surface area contributed by atoms with Crippen molar-refractivity contribution in [2.45, 2.75) is 27.3 Å². The van der Waals surface area contributed by atoms with Crippen LogP contribution in [0, 0.1) is 5.41 Å². The van der Waals surface area contributed by atoms with Crippen LogP contribution < -0.4 is 20.1 Å². The van der Waals surface area contributed by atoms with Crippen molar-refractivity contribution in [3.63, 3.8) is 0 Å². The molecule has 2 rings (SSSR count). The van der Waals surface area contributed by atoms with E-state index in [1.54, 1.807) is 32.0 Å². The van der Waals surface area contributed by atoms with Crippen molar-refractivity contribution in [2.24, 2.45) is 5.41 Å². The third kappa shape index (κ3) is 4.44. The number of benzene rings is 1. The Morgan fingerprint density at radius 1 is 1.31 bits per heavy atom. The van der Waals surface area contributed by atoms with Gasteiger partial charge in [-0.2, -0.15) is 0 Å². The summed E-state index contributed by atoms with van der Waals surface area (Å²) in [6.45, 7) is 6.26. The van der Waals surface area contributed by atoms with Gasteiger partial charge in [-0.3, -0.25) is 14.5 Å². The first-order valence-electron chi connectivity index (χ1n) is 8.44. The van der Waals surface area contributed by atoms with Crippen molar-refractivity contribution in [1.29, 1.82) is 0 Å². The van der Waals surface area contributed by atoms with Gasteiger partial charge in [0.1, 0.15) is 0 Å². The molecule has 8 nitrogen and oxygen atoms in total. The Labute approximate surface area is 152 Å². The van der Waals surface area contributed by atoms with Crippen LogP contribution in [0.25, 0.3) is 0 Å². The van der Waals surface area contributed by atoms with Gasteiger partial charge in [-0.1, -0.05) is 6.07 Å². The fraction of sp³-hybridized carbons (Fsp3) is 0.500. The van der Waals surface area contributed by atoms with Gasteiger partial charge in [0.2, 0.25) is 5.91 Å². The second-order valence-electron chi connectivity index (χ2n) is 6.66. The lowest BCUT2D eigenvalue weighted by molar-refractivity contribution is -0.139. The van der Waals surface area contributed by atoms with E-state index in [1.807, 2.05) is 6.92 Å². The van der Waals surface area contributed by atoms with Crippen LogP contribution in [0.4, 0.5) is 4.79 Å². The number of hydrogen-bond donors (Lipinski definition) is 2. The fourth-order valence-corrected chi connectivity index (χ4v) is 2.57. The van der Waals surface area contributed by atoms with Gasteiger partial charge >= 0.3 is 6.03 Å². The highest BCUT2D eigenvalue weighted by atomic mass is 16.5. The molecule has 4 amide bonds. The van der Waals surface area contributed by atoms with Gasteiger partial charge in [0.15, 0.2) is 18.1 Å². The quantitative estimate of drug-likeness (QED) is 0.761. The first-order valence-corrected chi connectivity index (χ1v) is 8.44. The van der Waals surface area contributed by atoms with E-state index in [9.17, 15) is 14.4 Å². The van der Waals surface area contributed by atoms with Crippen molar-refractivity contribution in [2.75, 3.05) is 26.8 Å². The van der Waals surface area contributed by atoms with Crippen LogP contribution in [-0.2, 0) is 16.1 Å². The lowest BCUT2D eigenvalue weighted by Crippen LogP contribution is -2.58. The predicted octanol–water partition coefficient (Wildman–Crippen LogP) is 1.29. The third-order valence-electron chi connectivity index (χ3n) is 4.05. The molecule has 1 fully saturated rings. The van der Waals surface area contributed by atoms with Gasteiger partial charge in [-0.05, 0) is 38.5 Å². The van der Waals surface area contributed by atoms with Crippen molar-refractivity contribution >= 4 is 17.8 Å². The Balaban J connectivity index is 2.12. The number of nitrogens with zero attached hydrogens (tertiary/aromatic N) is 1. The molecule has 1 saturated heterocycles. The number of carbonyl (C=O) groups is 3. The summed E-state index contributed by atoms with van der Waals surface area (Å²) in [5.74, 6) is 0.390. The number of rotatable bonds is 7. The zero-order chi connectivity index (χ0) is 19.3. The largest absolute Gasteiger partial charge is 0.493 e. The van der Waals surface area contributed by atoms with E-state index in [1.165, 1.54) is 12.0 Å². The lowest BCUT2D eigenvalue weighted by Gasteiger charge is -2.36. The maximum Gasteiger partial charge on any atom is 0.324 e. The summed E-state index contributed by atoms with van der Waals surface area (Å²) < 4.78 is 10.8. The van der Waals surface area contributed by atoms with Gasteiger partial charge in [-0.25, -0.2) is 4.79 Å². The number of imide groups is 1. The van der Waals surface area contributed by atoms with Crippen molar-refractivity contribution in [3.8, 4) is 11.5 Å². The molecule has 0 atom stereocenters. The van der Waals surface area contributed by atoms with E-state index in [2.05, 4.69) is 10.6 Å². The summed E-state index contributed by atoms with van der Waals surface area (Å²) in [5, 5.41) is 5.37. The average Bonchev–Trinajstić information content (AvgIpc) is 2.61. The number of carbonyl (C=O) groups excluding carboxylic acids is 3. The summed E-state index contributed by atoms with van der Waals surface area (Å²) in [5.41, 5.74) is 0.0710. The topological polar surface area (TPSA) is 97.0 Å². The molecule has 1 aromatic rings. The first kappa shape index (κ1) is 19.6. The van der Waals surface area contributed by atoms with Crippen LogP contribution in [0.15, 0.2) is 18.2 Å². The highest BCUT2D eigenvalue weighted by Gasteiger charge is 2.40. The van der Waals surface area contributed by atoms with Gasteiger partial charge in [-0.15, -0.1) is 0 Å². The highest BCUT2D eigenvalue weighted by Crippen LogP contribution is 2.30. The van der Waals surface area contributed by atoms with E-state index >= 15 is 0 Å². The molecule has 0 radical (unpaired) electrons. The molecular formula is C18H25N3O5. The molecule has 0 bridgehead atoms. The Kier molecular flexibility index (Phi) is 6.07. The number of ether oxygens (including phenoxy) is 2. The SMILES string of the molecule is CCNC(=O)COc1ccc(CN2C(=O)NCC(C)(C)C2=O)cc1OC. The number of hydrogen-bond acceptors (Lipinski definition) is 5. The number of urea groups is 1. The molecule has 0 spiro atoms. The third-order valence-corrected chi connectivity index (χ3v) is 4.05. The maximum absolute atomic E-state index is 12.5. The Morgan fingerprint density at radius 3 is 2.69 bits per heavy atom. The molecular weight excluding hydrogens is 338 g/mol. The van der Waals surface area contributed by atoms with Crippen LogP contribution in [0.3, 0.4) is 0 Å². The fourth-order valence-electron chi connectivity index (χ4n) is 2.57. The molecule has 1 aromatic carbocycles. The molecule has 1 heterocycles. The van der Waals surface area contributed by atoms with E-state index in [4.69, 9.17) is 9.47 Å². The van der Waals surface area contributed by atoms with Gasteiger partial charge < -0.3 is 20.1 Å². The minimum Gasteiger partial charge on any atom is -0.493 e. The average molecular weight is 363 g/mol. The smallest absolute Gasteiger partial charge is 0.324 e. The van der Waals surface area contributed by atoms with E-state index in [0.717, 1.165) is 0 Å². The summed E-state index contributed by atoms with van der Waals surface area (Å²) in [6.07, 6.45) is 0. The summed E-state index contributed by atoms with van der Waals surface area (Å²) in [7, 11) is 1.49. The molecule has 8 heteroatoms. The van der Waals surface area contributed by atoms with Gasteiger partial charge in [0, 0.05) is 13.1 Å². The zero-order valence-electron chi connectivity index (χ0n) is 15.5. The molecule has 1 aliphatic heterocycles. The van der Waals surface area contributed by atoms with Crippen LogP contribution >= 0.6 is 0 Å². The molecule has 2 N–H and O–H groups in total. The summed E-state index contributed by atoms with van der Waals surface area (Å²) in [4.78, 5) is 37.2. The monoisotopic (exact) mass is 363 g/mol. The summed E-state index contributed by atoms with van der Waals surface area (Å²) in [6, 6.07) is 4.67. The standard InChI is InChI=1S/C18H25N3O5/c1-5-19-15(22)10-26-13-7-6-12(8-14(13)25-4)9-21-16(23)18(2,3)11-20-17(21)24/h6-8H,5,9-11H2,1-4H3,(H,19,22)(H,20,24). The number of nitrogens with one attached hydrogen (secondary N) is 2. The zero-order valence-corrected chi connectivity index (χ0v) is 15.5. The van der Waals surface area contributed by atoms with E-state index in [-0.39, 0.29) is 25.0 Å². The number of methoxy groups -OCH3 is 1. The maximum atomic E-state index is 12.5. The molecule has 26 heavy (non-hydrogen) atoms. The van der Waals surface area contributed by atoms with Crippen molar-refractivity contribution in [1.82, 2.24) is 15.5 Å².